The van der Waals surface area contributed by atoms with Gasteiger partial charge < -0.3 is 5.11 Å². The zero-order valence-corrected chi connectivity index (χ0v) is 9.28. The van der Waals surface area contributed by atoms with Crippen LogP contribution in [-0.2, 0) is 6.54 Å². The Morgan fingerprint density at radius 2 is 1.89 bits per heavy atom. The van der Waals surface area contributed by atoms with E-state index in [4.69, 9.17) is 0 Å². The van der Waals surface area contributed by atoms with Crippen molar-refractivity contribution in [3.05, 3.63) is 62.1 Å². The van der Waals surface area contributed by atoms with Crippen LogP contribution in [0.1, 0.15) is 5.56 Å². The predicted molar refractivity (Wildman–Crippen MR) is 58.4 cm³/mol. The van der Waals surface area contributed by atoms with E-state index in [-0.39, 0.29) is 5.56 Å². The lowest BCUT2D eigenvalue weighted by Crippen LogP contribution is -2.32. The Morgan fingerprint density at radius 1 is 1.21 bits per heavy atom. The molecule has 5 nitrogen and oxygen atoms in total. The highest BCUT2D eigenvalue weighted by Crippen LogP contribution is 2.14. The van der Waals surface area contributed by atoms with Gasteiger partial charge in [0.1, 0.15) is 11.6 Å². The largest absolute Gasteiger partial charge is 0.492 e. The van der Waals surface area contributed by atoms with Crippen LogP contribution >= 0.6 is 0 Å². The maximum absolute atomic E-state index is 13.4. The Bertz CT molecular complexity index is 752. The highest BCUT2D eigenvalue weighted by molar-refractivity contribution is 5.21. The van der Waals surface area contributed by atoms with Crippen molar-refractivity contribution in [3.8, 4) is 5.88 Å². The molecule has 0 aliphatic heterocycles. The number of hydrogen-bond acceptors (Lipinski definition) is 3. The quantitative estimate of drug-likeness (QED) is 0.845. The molecule has 0 unspecified atom stereocenters. The van der Waals surface area contributed by atoms with E-state index in [2.05, 4.69) is 0 Å². The molecule has 19 heavy (non-hydrogen) atoms. The number of aromatic amines is 1. The summed E-state index contributed by atoms with van der Waals surface area (Å²) in [6.45, 7) is -0.551. The summed E-state index contributed by atoms with van der Waals surface area (Å²) >= 11 is 0. The van der Waals surface area contributed by atoms with Gasteiger partial charge in [0, 0.05) is 11.6 Å². The van der Waals surface area contributed by atoms with Crippen molar-refractivity contribution >= 4 is 0 Å². The van der Waals surface area contributed by atoms with Crippen LogP contribution in [-0.4, -0.2) is 14.7 Å². The van der Waals surface area contributed by atoms with Crippen LogP contribution in [0, 0.1) is 17.5 Å². The smallest absolute Gasteiger partial charge is 0.331 e. The lowest BCUT2D eigenvalue weighted by Gasteiger charge is -2.08. The third kappa shape index (κ3) is 2.37. The Morgan fingerprint density at radius 3 is 2.53 bits per heavy atom. The molecule has 0 aliphatic rings. The molecule has 100 valence electrons. The second kappa shape index (κ2) is 4.63. The summed E-state index contributed by atoms with van der Waals surface area (Å²) in [5.41, 5.74) is -2.63. The SMILES string of the molecule is O=c1[nH]c(=O)n(Cc2ccc(F)cc2F)c(O)c1F. The number of nitrogens with zero attached hydrogens (tertiary/aromatic N) is 1. The summed E-state index contributed by atoms with van der Waals surface area (Å²) in [5, 5.41) is 9.34. The third-order valence-corrected chi connectivity index (χ3v) is 2.46. The minimum absolute atomic E-state index is 0.148. The molecule has 0 fully saturated rings. The monoisotopic (exact) mass is 272 g/mol. The number of H-pyrrole nitrogens is 1. The van der Waals surface area contributed by atoms with Crippen LogP contribution in [0.4, 0.5) is 13.2 Å². The Labute approximate surface area is 103 Å². The molecule has 0 radical (unpaired) electrons. The maximum atomic E-state index is 13.4. The normalized spacial score (nSPS) is 10.7. The van der Waals surface area contributed by atoms with E-state index in [0.717, 1.165) is 12.1 Å². The summed E-state index contributed by atoms with van der Waals surface area (Å²) in [7, 11) is 0. The molecule has 8 heteroatoms. The number of aromatic nitrogens is 2. The first kappa shape index (κ1) is 12.9. The lowest BCUT2D eigenvalue weighted by atomic mass is 10.2. The van der Waals surface area contributed by atoms with E-state index in [1.54, 1.807) is 4.98 Å². The van der Waals surface area contributed by atoms with Gasteiger partial charge in [0.05, 0.1) is 6.54 Å². The Balaban J connectivity index is 2.53. The highest BCUT2D eigenvalue weighted by atomic mass is 19.1. The summed E-state index contributed by atoms with van der Waals surface area (Å²) in [4.78, 5) is 23.8. The Kier molecular flexibility index (Phi) is 3.16. The second-order valence-electron chi connectivity index (χ2n) is 3.72. The molecule has 0 saturated carbocycles. The van der Waals surface area contributed by atoms with Crippen LogP contribution in [0.5, 0.6) is 5.88 Å². The molecular weight excluding hydrogens is 265 g/mol. The number of nitrogens with one attached hydrogen (secondary N) is 1. The highest BCUT2D eigenvalue weighted by Gasteiger charge is 2.15. The van der Waals surface area contributed by atoms with Gasteiger partial charge in [0.25, 0.3) is 5.56 Å². The van der Waals surface area contributed by atoms with Gasteiger partial charge >= 0.3 is 5.69 Å². The fourth-order valence-electron chi connectivity index (χ4n) is 1.50. The standard InChI is InChI=1S/C11H7F3N2O3/c12-6-2-1-5(7(13)3-6)4-16-10(18)8(14)9(17)15-11(16)19/h1-3,18H,4H2,(H,15,17,19). The molecule has 2 N–H and O–H groups in total. The van der Waals surface area contributed by atoms with Gasteiger partial charge in [0.15, 0.2) is 0 Å². The minimum atomic E-state index is -1.55. The second-order valence-corrected chi connectivity index (χ2v) is 3.72. The van der Waals surface area contributed by atoms with Crippen LogP contribution in [0.3, 0.4) is 0 Å². The van der Waals surface area contributed by atoms with Gasteiger partial charge in [-0.25, -0.2) is 13.6 Å². The van der Waals surface area contributed by atoms with Crippen molar-refractivity contribution in [2.45, 2.75) is 6.54 Å². The molecule has 2 aromatic rings. The molecule has 0 spiro atoms. The number of halogens is 3. The van der Waals surface area contributed by atoms with Gasteiger partial charge in [-0.2, -0.15) is 4.39 Å². The summed E-state index contributed by atoms with van der Waals surface area (Å²) < 4.78 is 39.6. The summed E-state index contributed by atoms with van der Waals surface area (Å²) in [5.74, 6) is -4.54. The van der Waals surface area contributed by atoms with Crippen molar-refractivity contribution < 1.29 is 18.3 Å². The zero-order valence-electron chi connectivity index (χ0n) is 9.28. The van der Waals surface area contributed by atoms with Crippen LogP contribution in [0.15, 0.2) is 27.8 Å². The van der Waals surface area contributed by atoms with E-state index < -0.39 is 41.1 Å². The molecule has 0 saturated heterocycles. The van der Waals surface area contributed by atoms with Gasteiger partial charge in [-0.05, 0) is 6.07 Å². The lowest BCUT2D eigenvalue weighted by molar-refractivity contribution is 0.366. The maximum Gasteiger partial charge on any atom is 0.331 e. The fraction of sp³-hybridized carbons (Fsp3) is 0.0909. The van der Waals surface area contributed by atoms with Crippen molar-refractivity contribution in [2.24, 2.45) is 0 Å². The molecule has 0 amide bonds. The number of rotatable bonds is 2. The van der Waals surface area contributed by atoms with Crippen molar-refractivity contribution in [3.63, 3.8) is 0 Å². The molecular formula is C11H7F3N2O3. The topological polar surface area (TPSA) is 75.1 Å². The molecule has 1 heterocycles. The first-order valence-electron chi connectivity index (χ1n) is 5.05. The number of aromatic hydroxyl groups is 1. The summed E-state index contributed by atoms with van der Waals surface area (Å²) in [6.07, 6.45) is 0. The number of hydrogen-bond donors (Lipinski definition) is 2. The Hall–Kier alpha value is -2.51. The van der Waals surface area contributed by atoms with Crippen LogP contribution in [0.2, 0.25) is 0 Å². The molecule has 0 bridgehead atoms. The first-order valence-corrected chi connectivity index (χ1v) is 5.05. The zero-order chi connectivity index (χ0) is 14.2. The molecule has 1 aromatic heterocycles. The van der Waals surface area contributed by atoms with E-state index in [1.165, 1.54) is 0 Å². The van der Waals surface area contributed by atoms with Crippen molar-refractivity contribution in [1.82, 2.24) is 9.55 Å². The van der Waals surface area contributed by atoms with Gasteiger partial charge in [0.2, 0.25) is 11.7 Å². The van der Waals surface area contributed by atoms with E-state index >= 15 is 0 Å². The van der Waals surface area contributed by atoms with Crippen LogP contribution < -0.4 is 11.2 Å². The fourth-order valence-corrected chi connectivity index (χ4v) is 1.50. The molecule has 0 atom stereocenters. The average Bonchev–Trinajstić information content (AvgIpc) is 2.34. The molecule has 2 rings (SSSR count). The number of benzene rings is 1. The average molecular weight is 272 g/mol. The first-order chi connectivity index (χ1) is 8.90. The van der Waals surface area contributed by atoms with Gasteiger partial charge in [-0.15, -0.1) is 0 Å². The predicted octanol–water partition coefficient (Wildman–Crippen LogP) is 0.708. The van der Waals surface area contributed by atoms with Crippen molar-refractivity contribution in [1.29, 1.82) is 0 Å². The third-order valence-electron chi connectivity index (χ3n) is 2.46. The van der Waals surface area contributed by atoms with Gasteiger partial charge in [-0.1, -0.05) is 6.07 Å². The van der Waals surface area contributed by atoms with E-state index in [9.17, 15) is 27.9 Å². The molecule has 1 aromatic carbocycles. The van der Waals surface area contributed by atoms with E-state index in [1.807, 2.05) is 0 Å². The van der Waals surface area contributed by atoms with Crippen molar-refractivity contribution in [2.75, 3.05) is 0 Å². The van der Waals surface area contributed by atoms with E-state index in [0.29, 0.717) is 10.6 Å². The minimum Gasteiger partial charge on any atom is -0.492 e. The summed E-state index contributed by atoms with van der Waals surface area (Å²) in [6, 6.07) is 2.57. The van der Waals surface area contributed by atoms with Gasteiger partial charge in [-0.3, -0.25) is 14.3 Å². The molecule has 0 aliphatic carbocycles. The van der Waals surface area contributed by atoms with Crippen LogP contribution in [0.25, 0.3) is 0 Å².